The molecule has 0 bridgehead atoms. The van der Waals surface area contributed by atoms with Crippen LogP contribution in [0.3, 0.4) is 0 Å². The summed E-state index contributed by atoms with van der Waals surface area (Å²) in [5.41, 5.74) is 0.00332. The van der Waals surface area contributed by atoms with Gasteiger partial charge in [-0.05, 0) is 19.4 Å². The summed E-state index contributed by atoms with van der Waals surface area (Å²) in [7, 11) is 0. The van der Waals surface area contributed by atoms with Crippen LogP contribution in [0.2, 0.25) is 0 Å². The molecule has 1 amide bonds. The molecule has 7 heteroatoms. The predicted octanol–water partition coefficient (Wildman–Crippen LogP) is 1.67. The first kappa shape index (κ1) is 15.0. The van der Waals surface area contributed by atoms with Crippen molar-refractivity contribution in [2.45, 2.75) is 19.9 Å². The summed E-state index contributed by atoms with van der Waals surface area (Å²) in [5, 5.41) is 5.48. The molecule has 0 aliphatic heterocycles. The zero-order valence-corrected chi connectivity index (χ0v) is 11.8. The van der Waals surface area contributed by atoms with Gasteiger partial charge in [0.25, 0.3) is 5.91 Å². The van der Waals surface area contributed by atoms with E-state index in [0.717, 1.165) is 13.0 Å². The van der Waals surface area contributed by atoms with E-state index in [1.54, 1.807) is 12.5 Å². The second-order valence-corrected chi connectivity index (χ2v) is 4.46. The molecule has 0 fully saturated rings. The largest absolute Gasteiger partial charge is 0.368 e. The van der Waals surface area contributed by atoms with Gasteiger partial charge >= 0.3 is 0 Å². The number of nitrogens with one attached hydrogen (secondary N) is 2. The number of pyridine rings is 1. The second-order valence-electron chi connectivity index (χ2n) is 4.46. The van der Waals surface area contributed by atoms with E-state index >= 15 is 0 Å². The Balaban J connectivity index is 1.86. The number of imidazole rings is 1. The number of carbonyl (C=O) groups excluding carboxylic acids is 1. The first-order valence-electron chi connectivity index (χ1n) is 6.84. The van der Waals surface area contributed by atoms with Gasteiger partial charge in [0.05, 0.1) is 11.9 Å². The molecule has 2 aromatic rings. The van der Waals surface area contributed by atoms with Crippen LogP contribution < -0.4 is 10.6 Å². The fourth-order valence-electron chi connectivity index (χ4n) is 1.89. The summed E-state index contributed by atoms with van der Waals surface area (Å²) in [6.45, 7) is 3.60. The van der Waals surface area contributed by atoms with Crippen molar-refractivity contribution in [3.63, 3.8) is 0 Å². The molecule has 0 aromatic carbocycles. The molecule has 0 radical (unpaired) electrons. The molecule has 6 nitrogen and oxygen atoms in total. The van der Waals surface area contributed by atoms with Crippen LogP contribution in [0.4, 0.5) is 10.2 Å². The van der Waals surface area contributed by atoms with Gasteiger partial charge in [-0.3, -0.25) is 4.79 Å². The maximum atomic E-state index is 14.0. The third kappa shape index (κ3) is 4.01. The molecule has 0 saturated heterocycles. The quantitative estimate of drug-likeness (QED) is 0.761. The van der Waals surface area contributed by atoms with Gasteiger partial charge in [-0.15, -0.1) is 0 Å². The Morgan fingerprint density at radius 3 is 3.00 bits per heavy atom. The number of aryl methyl sites for hydroxylation is 1. The average molecular weight is 291 g/mol. The summed E-state index contributed by atoms with van der Waals surface area (Å²) in [5.74, 6) is -0.949. The number of aromatic nitrogens is 3. The van der Waals surface area contributed by atoms with E-state index in [1.807, 2.05) is 17.7 Å². The molecule has 0 saturated carbocycles. The van der Waals surface area contributed by atoms with Gasteiger partial charge in [-0.2, -0.15) is 0 Å². The Bertz CT molecular complexity index is 585. The SMILES string of the molecule is CCNc1nccc(C(=O)NCCCn2ccnc2)c1F. The lowest BCUT2D eigenvalue weighted by molar-refractivity contribution is 0.0948. The summed E-state index contributed by atoms with van der Waals surface area (Å²) in [4.78, 5) is 19.8. The van der Waals surface area contributed by atoms with Crippen molar-refractivity contribution in [2.75, 3.05) is 18.4 Å². The second kappa shape index (κ2) is 7.37. The molecule has 0 spiro atoms. The molecule has 2 rings (SSSR count). The van der Waals surface area contributed by atoms with E-state index in [9.17, 15) is 9.18 Å². The van der Waals surface area contributed by atoms with Gasteiger partial charge in [0.15, 0.2) is 11.6 Å². The molecule has 0 unspecified atom stereocenters. The van der Waals surface area contributed by atoms with Crippen molar-refractivity contribution in [2.24, 2.45) is 0 Å². The molecule has 2 heterocycles. The van der Waals surface area contributed by atoms with Crippen molar-refractivity contribution in [3.8, 4) is 0 Å². The predicted molar refractivity (Wildman–Crippen MR) is 77.5 cm³/mol. The number of anilines is 1. The van der Waals surface area contributed by atoms with Gasteiger partial charge in [0.2, 0.25) is 0 Å². The lowest BCUT2D eigenvalue weighted by Crippen LogP contribution is -2.26. The molecule has 0 aliphatic rings. The first-order chi connectivity index (χ1) is 10.2. The van der Waals surface area contributed by atoms with Crippen molar-refractivity contribution in [1.29, 1.82) is 0 Å². The summed E-state index contributed by atoms with van der Waals surface area (Å²) in [6.07, 6.45) is 7.43. The number of nitrogens with zero attached hydrogens (tertiary/aromatic N) is 3. The highest BCUT2D eigenvalue weighted by Gasteiger charge is 2.15. The third-order valence-corrected chi connectivity index (χ3v) is 2.92. The van der Waals surface area contributed by atoms with Crippen molar-refractivity contribution in [3.05, 3.63) is 42.4 Å². The van der Waals surface area contributed by atoms with E-state index < -0.39 is 11.7 Å². The van der Waals surface area contributed by atoms with Gasteiger partial charge in [0, 0.05) is 38.2 Å². The molecular weight excluding hydrogens is 273 g/mol. The summed E-state index contributed by atoms with van der Waals surface area (Å²) < 4.78 is 16.0. The minimum absolute atomic E-state index is 0.00332. The van der Waals surface area contributed by atoms with Crippen molar-refractivity contribution < 1.29 is 9.18 Å². The van der Waals surface area contributed by atoms with Crippen LogP contribution in [0.5, 0.6) is 0 Å². The van der Waals surface area contributed by atoms with E-state index in [2.05, 4.69) is 20.6 Å². The van der Waals surface area contributed by atoms with Gasteiger partial charge in [0.1, 0.15) is 0 Å². The molecule has 0 aliphatic carbocycles. The van der Waals surface area contributed by atoms with E-state index in [0.29, 0.717) is 13.1 Å². The highest BCUT2D eigenvalue weighted by molar-refractivity contribution is 5.95. The minimum Gasteiger partial charge on any atom is -0.368 e. The Hall–Kier alpha value is -2.44. The Morgan fingerprint density at radius 1 is 1.43 bits per heavy atom. The standard InChI is InChI=1S/C14H18FN5O/c1-2-17-13-12(15)11(4-6-18-13)14(21)19-5-3-8-20-9-7-16-10-20/h4,6-7,9-10H,2-3,5,8H2,1H3,(H,17,18)(H,19,21). The van der Waals surface area contributed by atoms with Crippen molar-refractivity contribution >= 4 is 11.7 Å². The fourth-order valence-corrected chi connectivity index (χ4v) is 1.89. The Morgan fingerprint density at radius 2 is 2.29 bits per heavy atom. The van der Waals surface area contributed by atoms with Crippen LogP contribution in [0.1, 0.15) is 23.7 Å². The number of amides is 1. The normalized spacial score (nSPS) is 10.4. The van der Waals surface area contributed by atoms with Crippen LogP contribution in [-0.2, 0) is 6.54 Å². The van der Waals surface area contributed by atoms with E-state index in [4.69, 9.17) is 0 Å². The van der Waals surface area contributed by atoms with Crippen LogP contribution in [0, 0.1) is 5.82 Å². The summed E-state index contributed by atoms with van der Waals surface area (Å²) in [6, 6.07) is 1.38. The molecule has 2 aromatic heterocycles. The van der Waals surface area contributed by atoms with E-state index in [-0.39, 0.29) is 11.4 Å². The number of hydrogen-bond acceptors (Lipinski definition) is 4. The lowest BCUT2D eigenvalue weighted by Gasteiger charge is -2.09. The van der Waals surface area contributed by atoms with Crippen molar-refractivity contribution in [1.82, 2.24) is 19.9 Å². The first-order valence-corrected chi connectivity index (χ1v) is 6.84. The molecule has 2 N–H and O–H groups in total. The van der Waals surface area contributed by atoms with Crippen LogP contribution in [-0.4, -0.2) is 33.5 Å². The maximum Gasteiger partial charge on any atom is 0.254 e. The summed E-state index contributed by atoms with van der Waals surface area (Å²) >= 11 is 0. The number of rotatable bonds is 7. The number of carbonyl (C=O) groups is 1. The fraction of sp³-hybridized carbons (Fsp3) is 0.357. The highest BCUT2D eigenvalue weighted by Crippen LogP contribution is 2.14. The van der Waals surface area contributed by atoms with Crippen LogP contribution >= 0.6 is 0 Å². The minimum atomic E-state index is -0.619. The van der Waals surface area contributed by atoms with E-state index in [1.165, 1.54) is 12.3 Å². The number of halogens is 1. The zero-order valence-electron chi connectivity index (χ0n) is 11.8. The lowest BCUT2D eigenvalue weighted by atomic mass is 10.2. The van der Waals surface area contributed by atoms with Gasteiger partial charge in [-0.1, -0.05) is 0 Å². The Labute approximate surface area is 122 Å². The maximum absolute atomic E-state index is 14.0. The van der Waals surface area contributed by atoms with Gasteiger partial charge in [-0.25, -0.2) is 14.4 Å². The molecule has 112 valence electrons. The average Bonchev–Trinajstić information content (AvgIpc) is 2.99. The van der Waals surface area contributed by atoms with Gasteiger partial charge < -0.3 is 15.2 Å². The third-order valence-electron chi connectivity index (χ3n) is 2.92. The monoisotopic (exact) mass is 291 g/mol. The molecule has 21 heavy (non-hydrogen) atoms. The number of hydrogen-bond donors (Lipinski definition) is 2. The molecule has 0 atom stereocenters. The highest BCUT2D eigenvalue weighted by atomic mass is 19.1. The zero-order chi connectivity index (χ0) is 15.1. The molecular formula is C14H18FN5O. The topological polar surface area (TPSA) is 71.8 Å². The van der Waals surface area contributed by atoms with Crippen LogP contribution in [0.15, 0.2) is 31.0 Å². The Kier molecular flexibility index (Phi) is 5.25. The van der Waals surface area contributed by atoms with Crippen LogP contribution in [0.25, 0.3) is 0 Å². The smallest absolute Gasteiger partial charge is 0.254 e.